The van der Waals surface area contributed by atoms with Gasteiger partial charge in [-0.25, -0.2) is 35.9 Å². The Morgan fingerprint density at radius 2 is 2.03 bits per heavy atom. The van der Waals surface area contributed by atoms with Gasteiger partial charge >= 0.3 is 0 Å². The fourth-order valence-electron chi connectivity index (χ4n) is 3.57. The van der Waals surface area contributed by atoms with Crippen molar-refractivity contribution in [3.63, 3.8) is 0 Å². The third-order valence-electron chi connectivity index (χ3n) is 5.09. The van der Waals surface area contributed by atoms with Crippen LogP contribution in [0.25, 0.3) is 0 Å². The van der Waals surface area contributed by atoms with Gasteiger partial charge < -0.3 is 4.74 Å². The van der Waals surface area contributed by atoms with Crippen LogP contribution in [0.15, 0.2) is 48.0 Å². The van der Waals surface area contributed by atoms with Crippen molar-refractivity contribution in [1.82, 2.24) is 20.2 Å². The molecule has 1 aromatic carbocycles. The number of nitrogens with zero attached hydrogens (tertiary/aromatic N) is 3. The molecule has 8 nitrogen and oxygen atoms in total. The van der Waals surface area contributed by atoms with Gasteiger partial charge in [0, 0.05) is 43.3 Å². The van der Waals surface area contributed by atoms with E-state index >= 15 is 0 Å². The molecule has 1 saturated carbocycles. The van der Waals surface area contributed by atoms with Crippen LogP contribution in [-0.4, -0.2) is 40.6 Å². The largest absolute Gasteiger partial charge is 0.486 e. The molecule has 0 bridgehead atoms. The van der Waals surface area contributed by atoms with Crippen LogP contribution < -0.4 is 9.46 Å². The van der Waals surface area contributed by atoms with Crippen LogP contribution in [0.1, 0.15) is 30.7 Å². The van der Waals surface area contributed by atoms with Crippen molar-refractivity contribution in [1.29, 1.82) is 0 Å². The molecule has 0 radical (unpaired) electrons. The number of hydrogen-bond acceptors (Lipinski definition) is 6. The van der Waals surface area contributed by atoms with Gasteiger partial charge in [0.1, 0.15) is 29.0 Å². The van der Waals surface area contributed by atoms with E-state index in [1.54, 1.807) is 0 Å². The standard InChI is InChI=1S/C19H17F4N5O3S/c20-13-6-17(32(29,30)28-18-2-4-24-10-25-18)14(21)5-15(13)31-16-7-19(22,23)3-1-12(16)11-8-26-27-9-11/h2,4-6,8-10,12,16H,1,3,7H2,(H,26,27)(H,24,25,28)/t12-,16+/m1/s1. The smallest absolute Gasteiger partial charge is 0.266 e. The Bertz CT molecular complexity index is 1190. The number of halogens is 4. The minimum absolute atomic E-state index is 0.0522. The van der Waals surface area contributed by atoms with Crippen molar-refractivity contribution in [2.45, 2.75) is 42.1 Å². The van der Waals surface area contributed by atoms with Crippen LogP contribution in [0.4, 0.5) is 23.4 Å². The Labute approximate surface area is 180 Å². The molecule has 3 aromatic rings. The number of sulfonamides is 1. The predicted octanol–water partition coefficient (Wildman–Crippen LogP) is 3.63. The number of rotatable bonds is 6. The quantitative estimate of drug-likeness (QED) is 0.532. The number of nitrogens with one attached hydrogen (secondary N) is 2. The number of alkyl halides is 2. The summed E-state index contributed by atoms with van der Waals surface area (Å²) in [5, 5.41) is 6.38. The van der Waals surface area contributed by atoms with Crippen LogP contribution in [0, 0.1) is 11.6 Å². The van der Waals surface area contributed by atoms with Gasteiger partial charge in [-0.3, -0.25) is 9.82 Å². The lowest BCUT2D eigenvalue weighted by atomic mass is 9.81. The number of H-pyrrole nitrogens is 1. The third-order valence-corrected chi connectivity index (χ3v) is 6.46. The first-order valence-corrected chi connectivity index (χ1v) is 10.9. The molecule has 4 rings (SSSR count). The van der Waals surface area contributed by atoms with Crippen LogP contribution >= 0.6 is 0 Å². The fraction of sp³-hybridized carbons (Fsp3) is 0.316. The summed E-state index contributed by atoms with van der Waals surface area (Å²) in [7, 11) is -4.52. The third kappa shape index (κ3) is 4.66. The lowest BCUT2D eigenvalue weighted by Crippen LogP contribution is -2.38. The molecule has 0 unspecified atom stereocenters. The van der Waals surface area contributed by atoms with Gasteiger partial charge in [-0.2, -0.15) is 5.10 Å². The minimum atomic E-state index is -4.52. The molecule has 32 heavy (non-hydrogen) atoms. The second-order valence-electron chi connectivity index (χ2n) is 7.31. The summed E-state index contributed by atoms with van der Waals surface area (Å²) in [5.74, 6) is -6.91. The second kappa shape index (κ2) is 8.37. The molecule has 2 atom stereocenters. The lowest BCUT2D eigenvalue weighted by Gasteiger charge is -2.35. The second-order valence-corrected chi connectivity index (χ2v) is 8.96. The zero-order valence-electron chi connectivity index (χ0n) is 16.3. The summed E-state index contributed by atoms with van der Waals surface area (Å²) in [6, 6.07) is 2.19. The van der Waals surface area contributed by atoms with E-state index in [1.807, 2.05) is 4.72 Å². The zero-order valence-corrected chi connectivity index (χ0v) is 17.1. The number of aromatic amines is 1. The Morgan fingerprint density at radius 3 is 2.72 bits per heavy atom. The van der Waals surface area contributed by atoms with Crippen LogP contribution in [0.3, 0.4) is 0 Å². The monoisotopic (exact) mass is 471 g/mol. The maximum Gasteiger partial charge on any atom is 0.266 e. The van der Waals surface area contributed by atoms with Gasteiger partial charge in [0.15, 0.2) is 11.6 Å². The Morgan fingerprint density at radius 1 is 1.22 bits per heavy atom. The molecular weight excluding hydrogens is 454 g/mol. The Hall–Kier alpha value is -3.22. The van der Waals surface area contributed by atoms with Crippen molar-refractivity contribution in [3.8, 4) is 5.75 Å². The highest BCUT2D eigenvalue weighted by molar-refractivity contribution is 7.92. The van der Waals surface area contributed by atoms with Crippen molar-refractivity contribution in [2.75, 3.05) is 4.72 Å². The molecule has 1 aliphatic rings. The number of aromatic nitrogens is 4. The van der Waals surface area contributed by atoms with Crippen molar-refractivity contribution in [3.05, 3.63) is 60.3 Å². The van der Waals surface area contributed by atoms with E-state index in [-0.39, 0.29) is 18.7 Å². The molecule has 2 aromatic heterocycles. The maximum absolute atomic E-state index is 14.7. The number of ether oxygens (including phenoxy) is 1. The molecule has 170 valence electrons. The first-order valence-electron chi connectivity index (χ1n) is 9.46. The maximum atomic E-state index is 14.7. The van der Waals surface area contributed by atoms with E-state index in [9.17, 15) is 26.0 Å². The van der Waals surface area contributed by atoms with Gasteiger partial charge in [0.05, 0.1) is 6.20 Å². The topological polar surface area (TPSA) is 110 Å². The van der Waals surface area contributed by atoms with E-state index in [0.717, 1.165) is 6.33 Å². The van der Waals surface area contributed by atoms with E-state index in [0.29, 0.717) is 17.7 Å². The fourth-order valence-corrected chi connectivity index (χ4v) is 4.65. The normalized spacial score (nSPS) is 20.6. The van der Waals surface area contributed by atoms with Crippen LogP contribution in [0.5, 0.6) is 5.75 Å². The molecule has 0 saturated heterocycles. The molecule has 1 fully saturated rings. The van der Waals surface area contributed by atoms with Gasteiger partial charge in [-0.05, 0) is 18.1 Å². The first kappa shape index (κ1) is 22.0. The van der Waals surface area contributed by atoms with E-state index < -0.39 is 56.7 Å². The van der Waals surface area contributed by atoms with Gasteiger partial charge in [-0.1, -0.05) is 0 Å². The van der Waals surface area contributed by atoms with Crippen molar-refractivity contribution < 1.29 is 30.7 Å². The summed E-state index contributed by atoms with van der Waals surface area (Å²) in [6.07, 6.45) is 3.09. The summed E-state index contributed by atoms with van der Waals surface area (Å²) in [6.45, 7) is 0. The number of benzene rings is 1. The minimum Gasteiger partial charge on any atom is -0.486 e. The Kier molecular flexibility index (Phi) is 5.75. The molecule has 2 N–H and O–H groups in total. The molecule has 0 aliphatic heterocycles. The van der Waals surface area contributed by atoms with Gasteiger partial charge in [0.2, 0.25) is 0 Å². The zero-order chi connectivity index (χ0) is 22.9. The lowest BCUT2D eigenvalue weighted by molar-refractivity contribution is -0.0779. The SMILES string of the molecule is O=S(=O)(Nc1ccncn1)c1cc(F)c(O[C@H]2CC(F)(F)CC[C@@H]2c2cn[nH]c2)cc1F. The summed E-state index contributed by atoms with van der Waals surface area (Å²) in [5.41, 5.74) is 0.597. The van der Waals surface area contributed by atoms with Gasteiger partial charge in [0.25, 0.3) is 15.9 Å². The molecule has 0 amide bonds. The molecule has 0 spiro atoms. The molecule has 2 heterocycles. The van der Waals surface area contributed by atoms with Crippen molar-refractivity contribution >= 4 is 15.8 Å². The van der Waals surface area contributed by atoms with Crippen LogP contribution in [0.2, 0.25) is 0 Å². The number of hydrogen-bond donors (Lipinski definition) is 2. The molecule has 1 aliphatic carbocycles. The molecular formula is C19H17F4N5O3S. The predicted molar refractivity (Wildman–Crippen MR) is 104 cm³/mol. The first-order chi connectivity index (χ1) is 15.1. The highest BCUT2D eigenvalue weighted by Crippen LogP contribution is 2.43. The van der Waals surface area contributed by atoms with Gasteiger partial charge in [-0.15, -0.1) is 0 Å². The average molecular weight is 471 g/mol. The highest BCUT2D eigenvalue weighted by atomic mass is 32.2. The van der Waals surface area contributed by atoms with E-state index in [2.05, 4.69) is 20.2 Å². The Balaban J connectivity index is 1.61. The van der Waals surface area contributed by atoms with E-state index in [4.69, 9.17) is 4.74 Å². The van der Waals surface area contributed by atoms with E-state index in [1.165, 1.54) is 24.7 Å². The average Bonchev–Trinajstić information content (AvgIpc) is 3.25. The summed E-state index contributed by atoms with van der Waals surface area (Å²) < 4.78 is 89.7. The highest BCUT2D eigenvalue weighted by Gasteiger charge is 2.44. The molecule has 13 heteroatoms. The van der Waals surface area contributed by atoms with Crippen molar-refractivity contribution in [2.24, 2.45) is 0 Å². The summed E-state index contributed by atoms with van der Waals surface area (Å²) >= 11 is 0. The number of anilines is 1. The summed E-state index contributed by atoms with van der Waals surface area (Å²) in [4.78, 5) is 6.30. The van der Waals surface area contributed by atoms with Crippen LogP contribution in [-0.2, 0) is 10.0 Å².